The molecular formula is C13H13N3O4. The lowest BCUT2D eigenvalue weighted by molar-refractivity contribution is -0.673. The SMILES string of the molecule is C=CCN=C([O-])c1c(=O)o[nH][n+]1-c1ccc(OC)cc1. The number of rotatable bonds is 5. The van der Waals surface area contributed by atoms with Crippen LogP contribution < -0.4 is 20.2 Å². The lowest BCUT2D eigenvalue weighted by Crippen LogP contribution is -2.44. The average molecular weight is 275 g/mol. The van der Waals surface area contributed by atoms with Crippen molar-refractivity contribution < 1.29 is 19.0 Å². The van der Waals surface area contributed by atoms with Crippen LogP contribution in [0.1, 0.15) is 5.69 Å². The van der Waals surface area contributed by atoms with Gasteiger partial charge in [-0.2, -0.15) is 0 Å². The highest BCUT2D eigenvalue weighted by Gasteiger charge is 2.23. The van der Waals surface area contributed by atoms with Gasteiger partial charge in [-0.15, -0.1) is 6.58 Å². The fraction of sp³-hybridized carbons (Fsp3) is 0.154. The van der Waals surface area contributed by atoms with Crippen molar-refractivity contribution in [1.29, 1.82) is 0 Å². The summed E-state index contributed by atoms with van der Waals surface area (Å²) >= 11 is 0. The van der Waals surface area contributed by atoms with Gasteiger partial charge in [-0.25, -0.2) is 4.79 Å². The molecule has 0 fully saturated rings. The van der Waals surface area contributed by atoms with E-state index in [4.69, 9.17) is 4.74 Å². The van der Waals surface area contributed by atoms with Gasteiger partial charge >= 0.3 is 11.3 Å². The van der Waals surface area contributed by atoms with Crippen molar-refractivity contribution in [2.24, 2.45) is 4.99 Å². The Hall–Kier alpha value is -2.83. The standard InChI is InChI=1S/C13H13N3O4/c1-3-8-14-12(17)11-13(18)20-15-16(11)9-4-6-10(19-2)7-5-9/h3-7H,1,8H2,2H3,(H-,14,15,17,18). The monoisotopic (exact) mass is 275 g/mol. The molecule has 0 aliphatic rings. The first-order chi connectivity index (χ1) is 9.67. The molecule has 20 heavy (non-hydrogen) atoms. The van der Waals surface area contributed by atoms with Gasteiger partial charge in [-0.05, 0) is 22.1 Å². The van der Waals surface area contributed by atoms with Gasteiger partial charge in [-0.1, -0.05) is 6.08 Å². The zero-order chi connectivity index (χ0) is 14.5. The maximum atomic E-state index is 11.9. The molecule has 7 nitrogen and oxygen atoms in total. The summed E-state index contributed by atoms with van der Waals surface area (Å²) in [7, 11) is 1.55. The largest absolute Gasteiger partial charge is 0.854 e. The molecule has 0 atom stereocenters. The molecule has 0 saturated heterocycles. The molecular weight excluding hydrogens is 262 g/mol. The van der Waals surface area contributed by atoms with Gasteiger partial charge in [-0.3, -0.25) is 9.52 Å². The third kappa shape index (κ3) is 2.61. The number of ether oxygens (including phenoxy) is 1. The van der Waals surface area contributed by atoms with Crippen LogP contribution in [0.5, 0.6) is 5.75 Å². The van der Waals surface area contributed by atoms with Gasteiger partial charge in [0.15, 0.2) is 0 Å². The minimum atomic E-state index is -0.779. The van der Waals surface area contributed by atoms with E-state index in [1.54, 1.807) is 31.4 Å². The Balaban J connectivity index is 2.47. The van der Waals surface area contributed by atoms with Crippen molar-refractivity contribution in [2.45, 2.75) is 0 Å². The normalized spacial score (nSPS) is 11.3. The van der Waals surface area contributed by atoms with Crippen LogP contribution in [0.2, 0.25) is 0 Å². The molecule has 0 spiro atoms. The van der Waals surface area contributed by atoms with Crippen LogP contribution in [0.25, 0.3) is 5.69 Å². The van der Waals surface area contributed by atoms with Crippen LogP contribution in [0.3, 0.4) is 0 Å². The maximum absolute atomic E-state index is 11.9. The summed E-state index contributed by atoms with van der Waals surface area (Å²) in [5.41, 5.74) is -0.426. The molecule has 0 bridgehead atoms. The Kier molecular flexibility index (Phi) is 3.99. The predicted octanol–water partition coefficient (Wildman–Crippen LogP) is -0.454. The molecule has 1 aromatic heterocycles. The first-order valence-corrected chi connectivity index (χ1v) is 5.78. The molecule has 0 radical (unpaired) electrons. The van der Waals surface area contributed by atoms with Gasteiger partial charge in [0.25, 0.3) is 0 Å². The summed E-state index contributed by atoms with van der Waals surface area (Å²) in [5, 5.41) is 14.2. The fourth-order valence-corrected chi connectivity index (χ4v) is 1.59. The van der Waals surface area contributed by atoms with E-state index in [2.05, 4.69) is 21.4 Å². The number of hydrogen-bond donors (Lipinski definition) is 1. The van der Waals surface area contributed by atoms with E-state index in [0.29, 0.717) is 11.4 Å². The molecule has 0 saturated carbocycles. The lowest BCUT2D eigenvalue weighted by atomic mass is 10.3. The summed E-state index contributed by atoms with van der Waals surface area (Å²) in [6, 6.07) is 6.74. The van der Waals surface area contributed by atoms with Crippen LogP contribution in [0.15, 0.2) is 51.2 Å². The second-order valence-electron chi connectivity index (χ2n) is 3.80. The summed E-state index contributed by atoms with van der Waals surface area (Å²) in [4.78, 5) is 15.3. The van der Waals surface area contributed by atoms with E-state index in [-0.39, 0.29) is 12.2 Å². The van der Waals surface area contributed by atoms with Gasteiger partial charge in [0.2, 0.25) is 5.69 Å². The summed E-state index contributed by atoms with van der Waals surface area (Å²) in [5.74, 6) is -0.0138. The topological polar surface area (TPSA) is 94.5 Å². The van der Waals surface area contributed by atoms with Gasteiger partial charge < -0.3 is 9.84 Å². The fourth-order valence-electron chi connectivity index (χ4n) is 1.59. The zero-order valence-corrected chi connectivity index (χ0v) is 10.8. The quantitative estimate of drug-likeness (QED) is 0.346. The second-order valence-corrected chi connectivity index (χ2v) is 3.80. The highest BCUT2D eigenvalue weighted by atomic mass is 16.5. The molecule has 1 heterocycles. The van der Waals surface area contributed by atoms with E-state index in [9.17, 15) is 9.90 Å². The van der Waals surface area contributed by atoms with Crippen molar-refractivity contribution >= 4 is 5.90 Å². The molecule has 2 aromatic rings. The molecule has 7 heteroatoms. The average Bonchev–Trinajstić information content (AvgIpc) is 2.86. The van der Waals surface area contributed by atoms with E-state index >= 15 is 0 Å². The van der Waals surface area contributed by atoms with Crippen molar-refractivity contribution in [3.8, 4) is 11.4 Å². The Bertz CT molecular complexity index is 682. The third-order valence-electron chi connectivity index (χ3n) is 2.54. The smallest absolute Gasteiger partial charge is 0.436 e. The Labute approximate surface area is 114 Å². The Morgan fingerprint density at radius 2 is 2.25 bits per heavy atom. The van der Waals surface area contributed by atoms with Crippen LogP contribution in [-0.2, 0) is 0 Å². The van der Waals surface area contributed by atoms with Crippen LogP contribution in [0.4, 0.5) is 0 Å². The predicted molar refractivity (Wildman–Crippen MR) is 69.0 cm³/mol. The van der Waals surface area contributed by atoms with Gasteiger partial charge in [0.05, 0.1) is 19.6 Å². The second kappa shape index (κ2) is 5.87. The highest BCUT2D eigenvalue weighted by molar-refractivity contribution is 5.86. The molecule has 0 unspecified atom stereocenters. The number of aromatic amines is 1. The Morgan fingerprint density at radius 3 is 2.85 bits per heavy atom. The van der Waals surface area contributed by atoms with Crippen molar-refractivity contribution in [3.05, 3.63) is 53.0 Å². The maximum Gasteiger partial charge on any atom is 0.436 e. The molecule has 0 aliphatic heterocycles. The summed E-state index contributed by atoms with van der Waals surface area (Å²) in [6.07, 6.45) is 1.46. The first kappa shape index (κ1) is 13.6. The molecule has 1 N–H and O–H groups in total. The number of nitrogens with one attached hydrogen (secondary N) is 1. The highest BCUT2D eigenvalue weighted by Crippen LogP contribution is 2.10. The number of nitrogens with zero attached hydrogens (tertiary/aromatic N) is 2. The number of benzene rings is 1. The molecule has 1 aromatic carbocycles. The summed E-state index contributed by atoms with van der Waals surface area (Å²) in [6.45, 7) is 3.59. The van der Waals surface area contributed by atoms with Crippen molar-refractivity contribution in [3.63, 3.8) is 0 Å². The molecule has 2 rings (SSSR count). The van der Waals surface area contributed by atoms with E-state index in [0.717, 1.165) is 0 Å². The molecule has 0 amide bonds. The lowest BCUT2D eigenvalue weighted by Gasteiger charge is -2.03. The number of hydrogen-bond acceptors (Lipinski definition) is 5. The third-order valence-corrected chi connectivity index (χ3v) is 2.54. The summed E-state index contributed by atoms with van der Waals surface area (Å²) < 4.78 is 10.9. The number of aromatic nitrogens is 2. The number of H-pyrrole nitrogens is 1. The zero-order valence-electron chi connectivity index (χ0n) is 10.8. The first-order valence-electron chi connectivity index (χ1n) is 5.78. The van der Waals surface area contributed by atoms with Gasteiger partial charge in [0, 0.05) is 12.1 Å². The van der Waals surface area contributed by atoms with E-state index in [1.807, 2.05) is 0 Å². The van der Waals surface area contributed by atoms with E-state index < -0.39 is 11.5 Å². The van der Waals surface area contributed by atoms with Crippen LogP contribution in [-0.4, -0.2) is 24.8 Å². The molecule has 0 aliphatic carbocycles. The number of aliphatic imine (C=N–C) groups is 1. The van der Waals surface area contributed by atoms with Crippen LogP contribution in [0, 0.1) is 0 Å². The minimum Gasteiger partial charge on any atom is -0.854 e. The van der Waals surface area contributed by atoms with Crippen molar-refractivity contribution in [2.75, 3.05) is 13.7 Å². The molecule has 104 valence electrons. The van der Waals surface area contributed by atoms with Crippen molar-refractivity contribution in [1.82, 2.24) is 5.27 Å². The van der Waals surface area contributed by atoms with E-state index in [1.165, 1.54) is 10.8 Å². The van der Waals surface area contributed by atoms with Crippen LogP contribution >= 0.6 is 0 Å². The minimum absolute atomic E-state index is 0.131. The van der Waals surface area contributed by atoms with Gasteiger partial charge in [0.1, 0.15) is 5.75 Å². The Morgan fingerprint density at radius 1 is 1.55 bits per heavy atom. The number of methoxy groups -OCH3 is 1.